The number of nitrogens with zero attached hydrogens (tertiary/aromatic N) is 2. The molecular formula is C22H26N6O4. The van der Waals surface area contributed by atoms with Crippen LogP contribution in [0.3, 0.4) is 0 Å². The van der Waals surface area contributed by atoms with Crippen molar-refractivity contribution in [3.8, 4) is 11.5 Å². The van der Waals surface area contributed by atoms with Gasteiger partial charge in [0.15, 0.2) is 0 Å². The third kappa shape index (κ3) is 5.75. The number of nitrogens with one attached hydrogen (secondary N) is 2. The third-order valence-corrected chi connectivity index (χ3v) is 4.99. The average Bonchev–Trinajstić information content (AvgIpc) is 2.78. The summed E-state index contributed by atoms with van der Waals surface area (Å²) < 4.78 is 11.2. The first-order valence-corrected chi connectivity index (χ1v) is 10.1. The molecule has 2 amide bonds. The van der Waals surface area contributed by atoms with Gasteiger partial charge < -0.3 is 30.7 Å². The van der Waals surface area contributed by atoms with Crippen LogP contribution in [0.15, 0.2) is 48.5 Å². The van der Waals surface area contributed by atoms with Gasteiger partial charge in [-0.05, 0) is 48.5 Å². The van der Waals surface area contributed by atoms with Crippen LogP contribution in [0.1, 0.15) is 11.1 Å². The number of rotatable bonds is 10. The molecule has 3 rings (SSSR count). The molecule has 32 heavy (non-hydrogen) atoms. The van der Waals surface area contributed by atoms with Crippen molar-refractivity contribution < 1.29 is 19.1 Å². The number of benzene rings is 2. The number of nitrogen functional groups attached to an aromatic ring is 2. The van der Waals surface area contributed by atoms with Gasteiger partial charge in [-0.25, -0.2) is 0 Å². The summed E-state index contributed by atoms with van der Waals surface area (Å²) in [5.41, 5.74) is 12.0. The zero-order valence-corrected chi connectivity index (χ0v) is 17.5. The van der Waals surface area contributed by atoms with E-state index in [9.17, 15) is 9.59 Å². The van der Waals surface area contributed by atoms with Gasteiger partial charge in [0.2, 0.25) is 0 Å². The molecule has 0 spiro atoms. The Labute approximate surface area is 185 Å². The summed E-state index contributed by atoms with van der Waals surface area (Å²) >= 11 is 0. The van der Waals surface area contributed by atoms with Crippen molar-refractivity contribution in [3.63, 3.8) is 0 Å². The van der Waals surface area contributed by atoms with Crippen molar-refractivity contribution in [1.29, 1.82) is 10.8 Å². The van der Waals surface area contributed by atoms with Crippen molar-refractivity contribution in [3.05, 3.63) is 59.7 Å². The van der Waals surface area contributed by atoms with E-state index in [-0.39, 0.29) is 24.9 Å². The van der Waals surface area contributed by atoms with Gasteiger partial charge in [0.1, 0.15) is 36.4 Å². The van der Waals surface area contributed by atoms with Crippen molar-refractivity contribution in [2.24, 2.45) is 11.5 Å². The van der Waals surface area contributed by atoms with E-state index in [2.05, 4.69) is 0 Å². The molecule has 0 atom stereocenters. The molecule has 0 aromatic heterocycles. The first-order valence-electron chi connectivity index (χ1n) is 10.1. The molecule has 10 heteroatoms. The maximum atomic E-state index is 12.4. The van der Waals surface area contributed by atoms with E-state index in [0.29, 0.717) is 48.8 Å². The van der Waals surface area contributed by atoms with Crippen LogP contribution in [0.25, 0.3) is 0 Å². The lowest BCUT2D eigenvalue weighted by molar-refractivity contribution is -0.156. The monoisotopic (exact) mass is 438 g/mol. The van der Waals surface area contributed by atoms with E-state index < -0.39 is 11.8 Å². The highest BCUT2D eigenvalue weighted by Gasteiger charge is 2.32. The second kappa shape index (κ2) is 10.3. The Balaban J connectivity index is 1.40. The van der Waals surface area contributed by atoms with E-state index in [1.165, 1.54) is 9.80 Å². The minimum atomic E-state index is -0.558. The van der Waals surface area contributed by atoms with Crippen molar-refractivity contribution >= 4 is 23.5 Å². The van der Waals surface area contributed by atoms with Crippen LogP contribution in [0.5, 0.6) is 11.5 Å². The van der Waals surface area contributed by atoms with E-state index in [4.69, 9.17) is 31.8 Å². The standard InChI is InChI=1S/C22H26N6O4/c23-19(24)15-1-5-17(6-2-15)31-13-11-27-9-10-28(22(30)21(27)29)12-14-32-18-7-3-16(4-8-18)20(25)26/h1-8H,9-14H2,(H3,23,24)(H3,25,26). The summed E-state index contributed by atoms with van der Waals surface area (Å²) in [6.07, 6.45) is 0. The highest BCUT2D eigenvalue weighted by atomic mass is 16.5. The summed E-state index contributed by atoms with van der Waals surface area (Å²) in [4.78, 5) is 27.8. The molecule has 0 bridgehead atoms. The van der Waals surface area contributed by atoms with E-state index in [1.54, 1.807) is 48.5 Å². The Hall–Kier alpha value is -4.08. The van der Waals surface area contributed by atoms with Crippen LogP contribution in [0.2, 0.25) is 0 Å². The molecule has 1 fully saturated rings. The van der Waals surface area contributed by atoms with Crippen molar-refractivity contribution in [2.45, 2.75) is 0 Å². The number of amides is 2. The molecule has 0 radical (unpaired) electrons. The van der Waals surface area contributed by atoms with Gasteiger partial charge >= 0.3 is 11.8 Å². The summed E-state index contributed by atoms with van der Waals surface area (Å²) in [5.74, 6) is 0.0432. The number of carbonyl (C=O) groups is 2. The second-order valence-electron chi connectivity index (χ2n) is 7.16. The van der Waals surface area contributed by atoms with Crippen molar-refractivity contribution in [2.75, 3.05) is 39.4 Å². The zero-order valence-electron chi connectivity index (χ0n) is 17.5. The number of nitrogens with two attached hydrogens (primary N) is 2. The van der Waals surface area contributed by atoms with Gasteiger partial charge in [0.05, 0.1) is 13.1 Å². The number of amidine groups is 2. The van der Waals surface area contributed by atoms with Crippen LogP contribution < -0.4 is 20.9 Å². The molecule has 6 N–H and O–H groups in total. The van der Waals surface area contributed by atoms with Crippen LogP contribution in [0.4, 0.5) is 0 Å². The van der Waals surface area contributed by atoms with Gasteiger partial charge in [-0.2, -0.15) is 0 Å². The number of carbonyl (C=O) groups excluding carboxylic acids is 2. The molecule has 0 aliphatic carbocycles. The minimum absolute atomic E-state index is 0.0187. The SMILES string of the molecule is N=C(N)c1ccc(OCCN2CCN(CCOc3ccc(C(=N)N)cc3)C(=O)C2=O)cc1. The fourth-order valence-electron chi connectivity index (χ4n) is 3.15. The fraction of sp³-hybridized carbons (Fsp3) is 0.273. The Morgan fingerprint density at radius 1 is 0.719 bits per heavy atom. The number of hydrogen-bond donors (Lipinski definition) is 4. The molecule has 1 saturated heterocycles. The van der Waals surface area contributed by atoms with Crippen molar-refractivity contribution in [1.82, 2.24) is 9.80 Å². The zero-order chi connectivity index (χ0) is 23.1. The molecule has 0 unspecified atom stereocenters. The number of piperazine rings is 1. The Morgan fingerprint density at radius 2 is 1.06 bits per heavy atom. The predicted octanol–water partition coefficient (Wildman–Crippen LogP) is 0.383. The third-order valence-electron chi connectivity index (χ3n) is 4.99. The van der Waals surface area contributed by atoms with Gasteiger partial charge in [-0.15, -0.1) is 0 Å². The van der Waals surface area contributed by atoms with Crippen LogP contribution in [-0.4, -0.2) is 72.7 Å². The average molecular weight is 438 g/mol. The van der Waals surface area contributed by atoms with Gasteiger partial charge in [0.25, 0.3) is 0 Å². The van der Waals surface area contributed by atoms with Gasteiger partial charge in [-0.1, -0.05) is 0 Å². The highest BCUT2D eigenvalue weighted by molar-refractivity contribution is 6.35. The molecule has 168 valence electrons. The molecule has 0 saturated carbocycles. The van der Waals surface area contributed by atoms with Crippen LogP contribution in [-0.2, 0) is 9.59 Å². The largest absolute Gasteiger partial charge is 0.492 e. The van der Waals surface area contributed by atoms with E-state index in [1.807, 2.05) is 0 Å². The first kappa shape index (κ1) is 22.6. The second-order valence-corrected chi connectivity index (χ2v) is 7.16. The van der Waals surface area contributed by atoms with Gasteiger partial charge in [0, 0.05) is 24.2 Å². The summed E-state index contributed by atoms with van der Waals surface area (Å²) in [7, 11) is 0. The normalized spacial score (nSPS) is 13.8. The Kier molecular flexibility index (Phi) is 7.27. The van der Waals surface area contributed by atoms with Gasteiger partial charge in [-0.3, -0.25) is 20.4 Å². The molecule has 1 aliphatic heterocycles. The Bertz CT molecular complexity index is 909. The Morgan fingerprint density at radius 3 is 1.38 bits per heavy atom. The fourth-order valence-corrected chi connectivity index (χ4v) is 3.15. The summed E-state index contributed by atoms with van der Waals surface area (Å²) in [6, 6.07) is 13.6. The number of ether oxygens (including phenoxy) is 2. The van der Waals surface area contributed by atoms with Crippen LogP contribution in [0, 0.1) is 10.8 Å². The highest BCUT2D eigenvalue weighted by Crippen LogP contribution is 2.14. The maximum Gasteiger partial charge on any atom is 0.312 e. The van der Waals surface area contributed by atoms with E-state index in [0.717, 1.165) is 0 Å². The number of hydrogen-bond acceptors (Lipinski definition) is 6. The molecular weight excluding hydrogens is 412 g/mol. The smallest absolute Gasteiger partial charge is 0.312 e. The minimum Gasteiger partial charge on any atom is -0.492 e. The maximum absolute atomic E-state index is 12.4. The molecule has 1 heterocycles. The molecule has 2 aromatic carbocycles. The van der Waals surface area contributed by atoms with E-state index >= 15 is 0 Å². The topological polar surface area (TPSA) is 159 Å². The summed E-state index contributed by atoms with van der Waals surface area (Å²) in [6.45, 7) is 1.93. The lowest BCUT2D eigenvalue weighted by Gasteiger charge is -2.33. The van der Waals surface area contributed by atoms with Crippen LogP contribution >= 0.6 is 0 Å². The lowest BCUT2D eigenvalue weighted by atomic mass is 10.2. The lowest BCUT2D eigenvalue weighted by Crippen LogP contribution is -2.55. The first-order chi connectivity index (χ1) is 15.3. The molecule has 1 aliphatic rings. The molecule has 10 nitrogen and oxygen atoms in total. The molecule has 2 aromatic rings. The quantitative estimate of drug-likeness (QED) is 0.238. The summed E-state index contributed by atoms with van der Waals surface area (Å²) in [5, 5.41) is 14.8. The predicted molar refractivity (Wildman–Crippen MR) is 119 cm³/mol.